The normalized spacial score (nSPS) is 10.2. The minimum atomic E-state index is -0.823. The van der Waals surface area contributed by atoms with Crippen molar-refractivity contribution in [1.29, 1.82) is 0 Å². The van der Waals surface area contributed by atoms with Crippen LogP contribution in [0.4, 0.5) is 0 Å². The van der Waals surface area contributed by atoms with E-state index in [1.54, 1.807) is 4.90 Å². The molecule has 0 aliphatic heterocycles. The van der Waals surface area contributed by atoms with Gasteiger partial charge in [0.1, 0.15) is 0 Å². The van der Waals surface area contributed by atoms with E-state index in [1.807, 2.05) is 0 Å². The number of aliphatic hydroxyl groups is 1. The van der Waals surface area contributed by atoms with Gasteiger partial charge in [-0.2, -0.15) is 0 Å². The van der Waals surface area contributed by atoms with E-state index in [9.17, 15) is 9.59 Å². The molecule has 0 aromatic rings. The molecule has 0 spiro atoms. The highest BCUT2D eigenvalue weighted by molar-refractivity contribution is 5.76. The van der Waals surface area contributed by atoms with Crippen LogP contribution in [0.5, 0.6) is 0 Å². The number of unbranched alkanes of at least 4 members (excludes halogenated alkanes) is 2. The van der Waals surface area contributed by atoms with Crippen molar-refractivity contribution in [3.8, 4) is 0 Å². The smallest absolute Gasteiger partial charge is 0.303 e. The van der Waals surface area contributed by atoms with Crippen molar-refractivity contribution in [3.05, 3.63) is 0 Å². The lowest BCUT2D eigenvalue weighted by atomic mass is 10.1. The molecule has 100 valence electrons. The molecule has 5 heteroatoms. The van der Waals surface area contributed by atoms with Crippen molar-refractivity contribution in [2.24, 2.45) is 0 Å². The van der Waals surface area contributed by atoms with E-state index >= 15 is 0 Å². The molecule has 0 rings (SSSR count). The van der Waals surface area contributed by atoms with Crippen LogP contribution in [0.1, 0.15) is 45.4 Å². The molecule has 0 aromatic carbocycles. The Labute approximate surface area is 102 Å². The maximum atomic E-state index is 11.8. The zero-order chi connectivity index (χ0) is 13.1. The van der Waals surface area contributed by atoms with E-state index in [1.165, 1.54) is 0 Å². The highest BCUT2D eigenvalue weighted by Crippen LogP contribution is 2.05. The fourth-order valence-electron chi connectivity index (χ4n) is 1.54. The van der Waals surface area contributed by atoms with Crippen molar-refractivity contribution in [2.75, 3.05) is 19.7 Å². The zero-order valence-corrected chi connectivity index (χ0v) is 10.5. The maximum absolute atomic E-state index is 11.8. The molecule has 2 N–H and O–H groups in total. The largest absolute Gasteiger partial charge is 0.481 e. The molecular weight excluding hydrogens is 222 g/mol. The maximum Gasteiger partial charge on any atom is 0.303 e. The number of hydrogen-bond acceptors (Lipinski definition) is 3. The number of rotatable bonds is 10. The van der Waals surface area contributed by atoms with Crippen LogP contribution in [-0.4, -0.2) is 46.7 Å². The van der Waals surface area contributed by atoms with Crippen molar-refractivity contribution in [1.82, 2.24) is 4.90 Å². The number of carboxylic acids is 1. The standard InChI is InChI=1S/C12H23NO4/c1-2-3-8-13(9-10-14)11(15)6-4-5-7-12(16)17/h14H,2-10H2,1H3,(H,16,17). The first kappa shape index (κ1) is 15.9. The number of carbonyl (C=O) groups is 2. The topological polar surface area (TPSA) is 77.8 Å². The van der Waals surface area contributed by atoms with Gasteiger partial charge in [-0.1, -0.05) is 13.3 Å². The van der Waals surface area contributed by atoms with Crippen molar-refractivity contribution in [2.45, 2.75) is 45.4 Å². The highest BCUT2D eigenvalue weighted by atomic mass is 16.4. The summed E-state index contributed by atoms with van der Waals surface area (Å²) < 4.78 is 0. The third kappa shape index (κ3) is 8.68. The monoisotopic (exact) mass is 245 g/mol. The van der Waals surface area contributed by atoms with Crippen LogP contribution in [0.15, 0.2) is 0 Å². The van der Waals surface area contributed by atoms with Gasteiger partial charge >= 0.3 is 5.97 Å². The average molecular weight is 245 g/mol. The summed E-state index contributed by atoms with van der Waals surface area (Å²) in [5.74, 6) is -0.812. The molecule has 5 nitrogen and oxygen atoms in total. The van der Waals surface area contributed by atoms with E-state index in [0.717, 1.165) is 12.8 Å². The molecule has 0 atom stereocenters. The number of amides is 1. The van der Waals surface area contributed by atoms with Gasteiger partial charge in [0, 0.05) is 25.9 Å². The second-order valence-corrected chi connectivity index (χ2v) is 4.06. The third-order valence-corrected chi connectivity index (χ3v) is 2.54. The predicted octanol–water partition coefficient (Wildman–Crippen LogP) is 1.25. The molecule has 0 aliphatic rings. The van der Waals surface area contributed by atoms with E-state index in [0.29, 0.717) is 32.4 Å². The van der Waals surface area contributed by atoms with Crippen LogP contribution >= 0.6 is 0 Å². The lowest BCUT2D eigenvalue weighted by Gasteiger charge is -2.21. The van der Waals surface area contributed by atoms with Crippen molar-refractivity contribution < 1.29 is 19.8 Å². The molecular formula is C12H23NO4. The van der Waals surface area contributed by atoms with Gasteiger partial charge in [-0.25, -0.2) is 0 Å². The predicted molar refractivity (Wildman–Crippen MR) is 64.7 cm³/mol. The van der Waals surface area contributed by atoms with Crippen LogP contribution < -0.4 is 0 Å². The van der Waals surface area contributed by atoms with Gasteiger partial charge < -0.3 is 15.1 Å². The third-order valence-electron chi connectivity index (χ3n) is 2.54. The Morgan fingerprint density at radius 1 is 1.06 bits per heavy atom. The van der Waals surface area contributed by atoms with Gasteiger partial charge in [0.25, 0.3) is 0 Å². The lowest BCUT2D eigenvalue weighted by Crippen LogP contribution is -2.34. The first-order chi connectivity index (χ1) is 8.11. The van der Waals surface area contributed by atoms with Crippen LogP contribution in [0.2, 0.25) is 0 Å². The van der Waals surface area contributed by atoms with Crippen LogP contribution in [0.3, 0.4) is 0 Å². The number of carboxylic acid groups (broad SMARTS) is 1. The summed E-state index contributed by atoms with van der Waals surface area (Å²) in [6.07, 6.45) is 3.55. The molecule has 0 radical (unpaired) electrons. The fourth-order valence-corrected chi connectivity index (χ4v) is 1.54. The first-order valence-electron chi connectivity index (χ1n) is 6.22. The molecule has 0 saturated heterocycles. The van der Waals surface area contributed by atoms with E-state index in [4.69, 9.17) is 10.2 Å². The molecule has 0 fully saturated rings. The Morgan fingerprint density at radius 3 is 2.24 bits per heavy atom. The van der Waals surface area contributed by atoms with Crippen molar-refractivity contribution >= 4 is 11.9 Å². The number of aliphatic carboxylic acids is 1. The summed E-state index contributed by atoms with van der Waals surface area (Å²) in [5.41, 5.74) is 0. The van der Waals surface area contributed by atoms with Crippen LogP contribution in [0.25, 0.3) is 0 Å². The number of nitrogens with zero attached hydrogens (tertiary/aromatic N) is 1. The van der Waals surface area contributed by atoms with Gasteiger partial charge in [0.05, 0.1) is 6.61 Å². The molecule has 0 heterocycles. The summed E-state index contributed by atoms with van der Waals surface area (Å²) >= 11 is 0. The quantitative estimate of drug-likeness (QED) is 0.568. The van der Waals surface area contributed by atoms with Crippen LogP contribution in [-0.2, 0) is 9.59 Å². The zero-order valence-electron chi connectivity index (χ0n) is 10.5. The van der Waals surface area contributed by atoms with Gasteiger partial charge in [0.2, 0.25) is 5.91 Å². The molecule has 0 aromatic heterocycles. The van der Waals surface area contributed by atoms with E-state index < -0.39 is 5.97 Å². The molecule has 17 heavy (non-hydrogen) atoms. The fraction of sp³-hybridized carbons (Fsp3) is 0.833. The van der Waals surface area contributed by atoms with Crippen LogP contribution in [0, 0.1) is 0 Å². The Balaban J connectivity index is 3.83. The minimum Gasteiger partial charge on any atom is -0.481 e. The second kappa shape index (κ2) is 10.1. The van der Waals surface area contributed by atoms with Gasteiger partial charge in [-0.05, 0) is 19.3 Å². The summed E-state index contributed by atoms with van der Waals surface area (Å²) in [5, 5.41) is 17.3. The molecule has 0 bridgehead atoms. The molecule has 1 amide bonds. The highest BCUT2D eigenvalue weighted by Gasteiger charge is 2.11. The first-order valence-corrected chi connectivity index (χ1v) is 6.22. The number of aliphatic hydroxyl groups excluding tert-OH is 1. The molecule has 0 unspecified atom stereocenters. The summed E-state index contributed by atoms with van der Waals surface area (Å²) in [7, 11) is 0. The lowest BCUT2D eigenvalue weighted by molar-refractivity contribution is -0.137. The van der Waals surface area contributed by atoms with E-state index in [-0.39, 0.29) is 18.9 Å². The van der Waals surface area contributed by atoms with Gasteiger partial charge in [-0.15, -0.1) is 0 Å². The molecule has 0 saturated carbocycles. The SMILES string of the molecule is CCCCN(CCO)C(=O)CCCCC(=O)O. The van der Waals surface area contributed by atoms with Gasteiger partial charge in [-0.3, -0.25) is 9.59 Å². The Kier molecular flexibility index (Phi) is 9.43. The number of hydrogen-bond donors (Lipinski definition) is 2. The van der Waals surface area contributed by atoms with Crippen molar-refractivity contribution in [3.63, 3.8) is 0 Å². The van der Waals surface area contributed by atoms with E-state index in [2.05, 4.69) is 6.92 Å². The van der Waals surface area contributed by atoms with Gasteiger partial charge in [0.15, 0.2) is 0 Å². The Morgan fingerprint density at radius 2 is 1.71 bits per heavy atom. The Bertz CT molecular complexity index is 231. The minimum absolute atomic E-state index is 0.0119. The summed E-state index contributed by atoms with van der Waals surface area (Å²) in [4.78, 5) is 23.7. The average Bonchev–Trinajstić information content (AvgIpc) is 2.29. The summed E-state index contributed by atoms with van der Waals surface area (Å²) in [6.45, 7) is 3.08. The number of carbonyl (C=O) groups excluding carboxylic acids is 1. The Hall–Kier alpha value is -1.10. The summed E-state index contributed by atoms with van der Waals surface area (Å²) in [6, 6.07) is 0. The second-order valence-electron chi connectivity index (χ2n) is 4.06. The molecule has 0 aliphatic carbocycles.